The molecule has 1 aliphatic heterocycles. The van der Waals surface area contributed by atoms with Gasteiger partial charge in [0.2, 0.25) is 0 Å². The topological polar surface area (TPSA) is 58.9 Å². The summed E-state index contributed by atoms with van der Waals surface area (Å²) in [4.78, 5) is 6.86. The first kappa shape index (κ1) is 19.7. The van der Waals surface area contributed by atoms with Crippen LogP contribution in [0.1, 0.15) is 5.82 Å². The monoisotopic (exact) mass is 398 g/mol. The maximum Gasteiger partial charge on any atom is 0.183 e. The fourth-order valence-electron chi connectivity index (χ4n) is 2.69. The minimum Gasteiger partial charge on any atom is -0.378 e. The van der Waals surface area contributed by atoms with Gasteiger partial charge in [-0.1, -0.05) is 0 Å². The number of halogens is 2. The lowest BCUT2D eigenvalue weighted by Crippen LogP contribution is -2.28. The van der Waals surface area contributed by atoms with Gasteiger partial charge in [0.05, 0.1) is 6.54 Å². The average Bonchev–Trinajstić information content (AvgIpc) is 3.21. The Balaban J connectivity index is 0.00000113. The average molecular weight is 399 g/mol. The highest BCUT2D eigenvalue weighted by Gasteiger charge is 2.18. The van der Waals surface area contributed by atoms with Gasteiger partial charge in [-0.05, 0) is 24.3 Å². The summed E-state index contributed by atoms with van der Waals surface area (Å²) < 4.78 is 2.16. The van der Waals surface area contributed by atoms with E-state index in [4.69, 9.17) is 4.98 Å². The van der Waals surface area contributed by atoms with E-state index >= 15 is 0 Å². The lowest BCUT2D eigenvalue weighted by atomic mass is 10.2. The molecule has 25 heavy (non-hydrogen) atoms. The maximum atomic E-state index is 4.77. The first-order chi connectivity index (χ1) is 11.2. The van der Waals surface area contributed by atoms with Crippen molar-refractivity contribution in [1.29, 1.82) is 0 Å². The Labute approximate surface area is 163 Å². The van der Waals surface area contributed by atoms with Crippen LogP contribution in [0, 0.1) is 0 Å². The Morgan fingerprint density at radius 2 is 1.88 bits per heavy atom. The predicted octanol–water partition coefficient (Wildman–Crippen LogP) is 3.08. The van der Waals surface area contributed by atoms with E-state index in [1.54, 1.807) is 11.3 Å². The molecule has 0 saturated heterocycles. The molecule has 4 rings (SSSR count). The molecule has 0 unspecified atom stereocenters. The lowest BCUT2D eigenvalue weighted by Gasteiger charge is -2.15. The van der Waals surface area contributed by atoms with E-state index in [1.807, 2.05) is 14.1 Å². The van der Waals surface area contributed by atoms with Gasteiger partial charge in [-0.25, -0.2) is 4.98 Å². The van der Waals surface area contributed by atoms with Gasteiger partial charge in [-0.3, -0.25) is 0 Å². The lowest BCUT2D eigenvalue weighted by molar-refractivity contribution is 0.508. The Kier molecular flexibility index (Phi) is 6.40. The largest absolute Gasteiger partial charge is 0.378 e. The number of hydrogen-bond acceptors (Lipinski definition) is 6. The second-order valence-electron chi connectivity index (χ2n) is 5.75. The molecule has 1 aromatic carbocycles. The number of anilines is 1. The molecule has 3 heterocycles. The van der Waals surface area contributed by atoms with Crippen LogP contribution in [0.5, 0.6) is 0 Å². The van der Waals surface area contributed by atoms with Crippen molar-refractivity contribution in [2.24, 2.45) is 0 Å². The fraction of sp³-hybridized carbons (Fsp3) is 0.312. The van der Waals surface area contributed by atoms with E-state index < -0.39 is 0 Å². The number of hydrogen-bond donors (Lipinski definition) is 1. The summed E-state index contributed by atoms with van der Waals surface area (Å²) in [6, 6.07) is 8.45. The Bertz CT molecular complexity index is 828. The zero-order valence-corrected chi connectivity index (χ0v) is 16.4. The van der Waals surface area contributed by atoms with Crippen LogP contribution in [-0.4, -0.2) is 40.4 Å². The Morgan fingerprint density at radius 1 is 1.12 bits per heavy atom. The number of aromatic nitrogens is 4. The Hall–Kier alpha value is -1.67. The highest BCUT2D eigenvalue weighted by Crippen LogP contribution is 2.29. The molecule has 2 aromatic heterocycles. The van der Waals surface area contributed by atoms with Crippen molar-refractivity contribution in [2.75, 3.05) is 25.5 Å². The van der Waals surface area contributed by atoms with Crippen molar-refractivity contribution < 1.29 is 0 Å². The number of nitrogens with zero attached hydrogens (tertiary/aromatic N) is 5. The smallest absolute Gasteiger partial charge is 0.183 e. The van der Waals surface area contributed by atoms with Crippen molar-refractivity contribution in [3.05, 3.63) is 35.5 Å². The first-order valence-electron chi connectivity index (χ1n) is 7.59. The zero-order chi connectivity index (χ0) is 15.8. The van der Waals surface area contributed by atoms with Gasteiger partial charge in [0.15, 0.2) is 5.82 Å². The van der Waals surface area contributed by atoms with Crippen LogP contribution in [0.4, 0.5) is 5.69 Å². The summed E-state index contributed by atoms with van der Waals surface area (Å²) >= 11 is 1.64. The third kappa shape index (κ3) is 3.79. The van der Waals surface area contributed by atoms with Gasteiger partial charge in [-0.2, -0.15) is 0 Å². The van der Waals surface area contributed by atoms with Crippen molar-refractivity contribution >= 4 is 41.8 Å². The van der Waals surface area contributed by atoms with Gasteiger partial charge < -0.3 is 14.8 Å². The first-order valence-corrected chi connectivity index (χ1v) is 8.47. The molecule has 0 bridgehead atoms. The van der Waals surface area contributed by atoms with E-state index in [0.717, 1.165) is 47.5 Å². The summed E-state index contributed by atoms with van der Waals surface area (Å²) in [6.07, 6.45) is 0. The zero-order valence-electron chi connectivity index (χ0n) is 14.0. The van der Waals surface area contributed by atoms with Crippen LogP contribution in [0.15, 0.2) is 29.6 Å². The van der Waals surface area contributed by atoms with Crippen molar-refractivity contribution in [3.63, 3.8) is 0 Å². The highest BCUT2D eigenvalue weighted by atomic mass is 35.5. The van der Waals surface area contributed by atoms with Crippen molar-refractivity contribution in [1.82, 2.24) is 25.1 Å². The summed E-state index contributed by atoms with van der Waals surface area (Å²) in [6.45, 7) is 2.61. The van der Waals surface area contributed by atoms with Gasteiger partial charge in [0.1, 0.15) is 16.5 Å². The van der Waals surface area contributed by atoms with E-state index in [9.17, 15) is 0 Å². The number of thiazole rings is 1. The molecule has 0 radical (unpaired) electrons. The predicted molar refractivity (Wildman–Crippen MR) is 107 cm³/mol. The van der Waals surface area contributed by atoms with Gasteiger partial charge in [-0.15, -0.1) is 46.3 Å². The Morgan fingerprint density at radius 3 is 2.60 bits per heavy atom. The second-order valence-corrected chi connectivity index (χ2v) is 6.61. The SMILES string of the molecule is CN(C)c1ccc(-c2nc(-c3nnc4n3CCNC4)cs2)cc1.Cl.Cl. The van der Waals surface area contributed by atoms with Crippen LogP contribution in [0.25, 0.3) is 22.1 Å². The number of benzene rings is 1. The van der Waals surface area contributed by atoms with Gasteiger partial charge in [0, 0.05) is 43.8 Å². The van der Waals surface area contributed by atoms with E-state index in [1.165, 1.54) is 5.69 Å². The molecule has 3 aromatic rings. The van der Waals surface area contributed by atoms with Gasteiger partial charge >= 0.3 is 0 Å². The minimum atomic E-state index is 0. The van der Waals surface area contributed by atoms with Crippen molar-refractivity contribution in [3.8, 4) is 22.1 Å². The molecule has 0 aliphatic carbocycles. The number of nitrogens with one attached hydrogen (secondary N) is 1. The van der Waals surface area contributed by atoms with Crippen molar-refractivity contribution in [2.45, 2.75) is 13.1 Å². The van der Waals surface area contributed by atoms with E-state index in [0.29, 0.717) is 0 Å². The van der Waals surface area contributed by atoms with Crippen LogP contribution in [0.2, 0.25) is 0 Å². The summed E-state index contributed by atoms with van der Waals surface area (Å²) in [7, 11) is 4.08. The van der Waals surface area contributed by atoms with E-state index in [-0.39, 0.29) is 24.8 Å². The molecule has 1 N–H and O–H groups in total. The summed E-state index contributed by atoms with van der Waals surface area (Å²) in [5.74, 6) is 1.85. The third-order valence-electron chi connectivity index (χ3n) is 3.99. The molecule has 0 atom stereocenters. The molecule has 0 saturated carbocycles. The van der Waals surface area contributed by atoms with Crippen LogP contribution in [0.3, 0.4) is 0 Å². The highest BCUT2D eigenvalue weighted by molar-refractivity contribution is 7.13. The second kappa shape index (κ2) is 8.14. The normalized spacial score (nSPS) is 12.7. The third-order valence-corrected chi connectivity index (χ3v) is 4.88. The number of rotatable bonds is 3. The standard InChI is InChI=1S/C16H18N6S.2ClH/c1-21(2)12-5-3-11(4-6-12)16-18-13(10-23-16)15-20-19-14-9-17-7-8-22(14)15;;/h3-6,10,17H,7-9H2,1-2H3;2*1H. The molecule has 0 spiro atoms. The summed E-state index contributed by atoms with van der Waals surface area (Å²) in [5, 5.41) is 15.0. The number of fused-ring (bicyclic) bond motifs is 1. The minimum absolute atomic E-state index is 0. The maximum absolute atomic E-state index is 4.77. The van der Waals surface area contributed by atoms with Gasteiger partial charge in [0.25, 0.3) is 0 Å². The van der Waals surface area contributed by atoms with E-state index in [2.05, 4.69) is 54.6 Å². The summed E-state index contributed by atoms with van der Waals surface area (Å²) in [5.41, 5.74) is 3.22. The fourth-order valence-corrected chi connectivity index (χ4v) is 3.50. The quantitative estimate of drug-likeness (QED) is 0.734. The van der Waals surface area contributed by atoms with Crippen LogP contribution < -0.4 is 10.2 Å². The molecule has 0 amide bonds. The molecular formula is C16H20Cl2N6S. The van der Waals surface area contributed by atoms with Crippen LogP contribution >= 0.6 is 36.2 Å². The molecule has 0 fully saturated rings. The molecular weight excluding hydrogens is 379 g/mol. The molecule has 9 heteroatoms. The van der Waals surface area contributed by atoms with Crippen LogP contribution in [-0.2, 0) is 13.1 Å². The molecule has 134 valence electrons. The molecule has 1 aliphatic rings. The molecule has 6 nitrogen and oxygen atoms in total.